The van der Waals surface area contributed by atoms with E-state index in [0.29, 0.717) is 5.75 Å². The van der Waals surface area contributed by atoms with E-state index in [4.69, 9.17) is 14.2 Å². The minimum absolute atomic E-state index is 0.242. The SMILES string of the molecule is CC(C)(C)OC(=O)N1C[Si](C)(C)Cc2cc3c(cc21)OCO3. The van der Waals surface area contributed by atoms with Crippen molar-refractivity contribution in [3.05, 3.63) is 17.7 Å². The fourth-order valence-corrected chi connectivity index (χ4v) is 5.51. The van der Waals surface area contributed by atoms with Crippen molar-refractivity contribution in [2.75, 3.05) is 17.9 Å². The quantitative estimate of drug-likeness (QED) is 0.686. The summed E-state index contributed by atoms with van der Waals surface area (Å²) < 4.78 is 16.5. The lowest BCUT2D eigenvalue weighted by Gasteiger charge is -2.38. The van der Waals surface area contributed by atoms with Gasteiger partial charge in [0.25, 0.3) is 0 Å². The summed E-state index contributed by atoms with van der Waals surface area (Å²) in [5.74, 6) is 1.48. The molecule has 0 atom stereocenters. The van der Waals surface area contributed by atoms with Crippen LogP contribution in [0.15, 0.2) is 12.1 Å². The van der Waals surface area contributed by atoms with E-state index in [0.717, 1.165) is 29.2 Å². The summed E-state index contributed by atoms with van der Waals surface area (Å²) in [7, 11) is -1.55. The van der Waals surface area contributed by atoms with E-state index < -0.39 is 13.7 Å². The van der Waals surface area contributed by atoms with E-state index in [1.54, 1.807) is 4.90 Å². The lowest BCUT2D eigenvalue weighted by Crippen LogP contribution is -2.52. The highest BCUT2D eigenvalue weighted by atomic mass is 28.3. The van der Waals surface area contributed by atoms with Gasteiger partial charge in [-0.15, -0.1) is 0 Å². The molecule has 0 spiro atoms. The maximum atomic E-state index is 12.6. The third kappa shape index (κ3) is 2.92. The molecule has 1 aromatic rings. The van der Waals surface area contributed by atoms with Crippen molar-refractivity contribution in [1.29, 1.82) is 0 Å². The fraction of sp³-hybridized carbons (Fsp3) is 0.562. The number of hydrogen-bond acceptors (Lipinski definition) is 4. The number of amides is 1. The molecule has 1 amide bonds. The Labute approximate surface area is 132 Å². The Morgan fingerprint density at radius 1 is 1.23 bits per heavy atom. The van der Waals surface area contributed by atoms with Gasteiger partial charge >= 0.3 is 6.09 Å². The fourth-order valence-electron chi connectivity index (χ4n) is 2.93. The van der Waals surface area contributed by atoms with Crippen molar-refractivity contribution in [3.63, 3.8) is 0 Å². The first kappa shape index (κ1) is 15.2. The van der Waals surface area contributed by atoms with Gasteiger partial charge in [-0.05, 0) is 38.4 Å². The number of ether oxygens (including phenoxy) is 3. The molecule has 2 aliphatic heterocycles. The van der Waals surface area contributed by atoms with Crippen LogP contribution in [0.1, 0.15) is 26.3 Å². The number of benzene rings is 1. The molecular formula is C16H23NO4Si. The Morgan fingerprint density at radius 3 is 2.50 bits per heavy atom. The molecule has 0 saturated heterocycles. The maximum absolute atomic E-state index is 12.6. The highest BCUT2D eigenvalue weighted by Gasteiger charge is 2.38. The van der Waals surface area contributed by atoms with Crippen molar-refractivity contribution < 1.29 is 19.0 Å². The van der Waals surface area contributed by atoms with Crippen LogP contribution in [0.4, 0.5) is 10.5 Å². The summed E-state index contributed by atoms with van der Waals surface area (Å²) in [4.78, 5) is 14.4. The van der Waals surface area contributed by atoms with Crippen LogP contribution in [0.5, 0.6) is 11.5 Å². The Morgan fingerprint density at radius 2 is 1.86 bits per heavy atom. The molecule has 0 fully saturated rings. The lowest BCUT2D eigenvalue weighted by molar-refractivity contribution is 0.0584. The number of anilines is 1. The van der Waals surface area contributed by atoms with Crippen LogP contribution in [0.3, 0.4) is 0 Å². The number of carbonyl (C=O) groups excluding carboxylic acids is 1. The minimum atomic E-state index is -1.55. The summed E-state index contributed by atoms with van der Waals surface area (Å²) in [6.07, 6.45) is 0.474. The van der Waals surface area contributed by atoms with E-state index in [1.807, 2.05) is 32.9 Å². The Balaban J connectivity index is 2.00. The third-order valence-electron chi connectivity index (χ3n) is 3.73. The van der Waals surface area contributed by atoms with Crippen LogP contribution in [-0.4, -0.2) is 32.7 Å². The highest BCUT2D eigenvalue weighted by molar-refractivity contribution is 6.78. The standard InChI is InChI=1S/C16H23NO4Si/c1-16(2,3)21-15(18)17-9-22(4,5)8-11-6-13-14(7-12(11)17)20-10-19-13/h6-7H,8-10H2,1-5H3. The van der Waals surface area contributed by atoms with Crippen molar-refractivity contribution in [1.82, 2.24) is 0 Å². The van der Waals surface area contributed by atoms with Gasteiger partial charge in [-0.3, -0.25) is 4.90 Å². The van der Waals surface area contributed by atoms with Gasteiger partial charge in [0.15, 0.2) is 11.5 Å². The third-order valence-corrected chi connectivity index (χ3v) is 6.24. The summed E-state index contributed by atoms with van der Waals surface area (Å²) in [6.45, 7) is 10.5. The van der Waals surface area contributed by atoms with Gasteiger partial charge < -0.3 is 14.2 Å². The zero-order valence-electron chi connectivity index (χ0n) is 13.9. The monoisotopic (exact) mass is 321 g/mol. The predicted molar refractivity (Wildman–Crippen MR) is 87.3 cm³/mol. The summed E-state index contributed by atoms with van der Waals surface area (Å²) in [5.41, 5.74) is 1.54. The second kappa shape index (κ2) is 4.91. The predicted octanol–water partition coefficient (Wildman–Crippen LogP) is 3.50. The molecule has 22 heavy (non-hydrogen) atoms. The highest BCUT2D eigenvalue weighted by Crippen LogP contribution is 2.42. The van der Waals surface area contributed by atoms with E-state index in [1.165, 1.54) is 0 Å². The Kier molecular flexibility index (Phi) is 3.39. The number of fused-ring (bicyclic) bond motifs is 2. The average molecular weight is 321 g/mol. The van der Waals surface area contributed by atoms with E-state index in [2.05, 4.69) is 13.1 Å². The normalized spacial score (nSPS) is 18.9. The molecule has 3 rings (SSSR count). The first-order valence-electron chi connectivity index (χ1n) is 7.58. The van der Waals surface area contributed by atoms with Gasteiger partial charge in [-0.1, -0.05) is 13.1 Å². The summed E-state index contributed by atoms with van der Waals surface area (Å²) in [6, 6.07) is 4.95. The second-order valence-corrected chi connectivity index (χ2v) is 12.7. The topological polar surface area (TPSA) is 48.0 Å². The molecular weight excluding hydrogens is 298 g/mol. The summed E-state index contributed by atoms with van der Waals surface area (Å²) >= 11 is 0. The van der Waals surface area contributed by atoms with Gasteiger partial charge in [-0.25, -0.2) is 4.79 Å². The molecule has 2 heterocycles. The van der Waals surface area contributed by atoms with E-state index in [9.17, 15) is 4.79 Å². The largest absolute Gasteiger partial charge is 0.454 e. The van der Waals surface area contributed by atoms with Gasteiger partial charge in [0.05, 0.1) is 13.8 Å². The maximum Gasteiger partial charge on any atom is 0.414 e. The molecule has 0 unspecified atom stereocenters. The molecule has 0 saturated carbocycles. The van der Waals surface area contributed by atoms with Crippen LogP contribution in [-0.2, 0) is 10.8 Å². The average Bonchev–Trinajstić information content (AvgIpc) is 2.79. The van der Waals surface area contributed by atoms with Crippen molar-refractivity contribution in [2.24, 2.45) is 0 Å². The van der Waals surface area contributed by atoms with Gasteiger partial charge in [0, 0.05) is 12.2 Å². The Hall–Kier alpha value is -1.69. The van der Waals surface area contributed by atoms with E-state index >= 15 is 0 Å². The van der Waals surface area contributed by atoms with Crippen LogP contribution >= 0.6 is 0 Å². The molecule has 0 bridgehead atoms. The van der Waals surface area contributed by atoms with Crippen LogP contribution in [0, 0.1) is 0 Å². The van der Waals surface area contributed by atoms with Gasteiger partial charge in [-0.2, -0.15) is 0 Å². The molecule has 2 aliphatic rings. The van der Waals surface area contributed by atoms with E-state index in [-0.39, 0.29) is 12.9 Å². The lowest BCUT2D eigenvalue weighted by atomic mass is 10.1. The molecule has 120 valence electrons. The van der Waals surface area contributed by atoms with Crippen molar-refractivity contribution in [2.45, 2.75) is 45.5 Å². The smallest absolute Gasteiger partial charge is 0.414 e. The molecule has 0 aromatic heterocycles. The molecule has 1 aromatic carbocycles. The minimum Gasteiger partial charge on any atom is -0.454 e. The molecule has 0 aliphatic carbocycles. The second-order valence-electron chi connectivity index (χ2n) is 7.74. The molecule has 6 heteroatoms. The summed E-state index contributed by atoms with van der Waals surface area (Å²) in [5, 5.41) is 0. The Bertz CT molecular complexity index is 621. The van der Waals surface area contributed by atoms with Crippen molar-refractivity contribution >= 4 is 19.9 Å². The molecule has 0 radical (unpaired) electrons. The van der Waals surface area contributed by atoms with Gasteiger partial charge in [0.2, 0.25) is 6.79 Å². The van der Waals surface area contributed by atoms with Crippen LogP contribution in [0.2, 0.25) is 13.1 Å². The van der Waals surface area contributed by atoms with Crippen molar-refractivity contribution in [3.8, 4) is 11.5 Å². The van der Waals surface area contributed by atoms with Crippen LogP contribution < -0.4 is 14.4 Å². The number of carbonyl (C=O) groups is 1. The first-order valence-corrected chi connectivity index (χ1v) is 11.0. The first-order chi connectivity index (χ1) is 10.1. The zero-order valence-corrected chi connectivity index (χ0v) is 14.9. The number of hydrogen-bond donors (Lipinski definition) is 0. The number of rotatable bonds is 0. The molecule has 0 N–H and O–H groups in total. The zero-order chi connectivity index (χ0) is 16.1. The number of nitrogens with zero attached hydrogens (tertiary/aromatic N) is 1. The molecule has 5 nitrogen and oxygen atoms in total. The van der Waals surface area contributed by atoms with Gasteiger partial charge in [0.1, 0.15) is 5.60 Å². The van der Waals surface area contributed by atoms with Crippen LogP contribution in [0.25, 0.3) is 0 Å².